The maximum atomic E-state index is 16.5. The number of aliphatic hydroxyl groups excluding tert-OH is 1. The maximum absolute atomic E-state index is 16.5. The minimum absolute atomic E-state index is 0.00529. The van der Waals surface area contributed by atoms with Crippen molar-refractivity contribution in [1.82, 2.24) is 15.5 Å². The molecule has 17 heteroatoms. The molecule has 364 valence electrons. The van der Waals surface area contributed by atoms with Gasteiger partial charge in [0, 0.05) is 18.5 Å². The summed E-state index contributed by atoms with van der Waals surface area (Å²) in [4.78, 5) is 103. The predicted molar refractivity (Wildman–Crippen MR) is 252 cm³/mol. The zero-order valence-electron chi connectivity index (χ0n) is 39.3. The number of hydrogen-bond acceptors (Lipinski definition) is 14. The second-order valence-corrected chi connectivity index (χ2v) is 17.1. The second kappa shape index (κ2) is 21.6. The number of imide groups is 1. The average Bonchev–Trinajstić information content (AvgIpc) is 3.83. The van der Waals surface area contributed by atoms with Crippen molar-refractivity contribution in [2.24, 2.45) is 17.8 Å². The Kier molecular flexibility index (Phi) is 15.5. The van der Waals surface area contributed by atoms with Gasteiger partial charge in [-0.3, -0.25) is 28.9 Å². The molecule has 0 bridgehead atoms. The van der Waals surface area contributed by atoms with Gasteiger partial charge in [-0.1, -0.05) is 105 Å². The minimum atomic E-state index is -2.22. The first-order valence-electron chi connectivity index (χ1n) is 22.6. The number of rotatable bonds is 15. The van der Waals surface area contributed by atoms with E-state index in [1.807, 2.05) is 53.4 Å². The lowest BCUT2D eigenvalue weighted by Gasteiger charge is -2.46. The van der Waals surface area contributed by atoms with Crippen LogP contribution in [0, 0.1) is 29.6 Å². The van der Waals surface area contributed by atoms with Crippen LogP contribution in [0.1, 0.15) is 66.3 Å². The summed E-state index contributed by atoms with van der Waals surface area (Å²) in [6.07, 6.45) is 0.115. The lowest BCUT2D eigenvalue weighted by atomic mass is 9.65. The summed E-state index contributed by atoms with van der Waals surface area (Å²) in [7, 11) is 3.42. The van der Waals surface area contributed by atoms with Crippen molar-refractivity contribution in [3.63, 3.8) is 0 Å². The summed E-state index contributed by atoms with van der Waals surface area (Å²) in [5.41, 5.74) is -0.211. The van der Waals surface area contributed by atoms with Gasteiger partial charge < -0.3 is 39.4 Å². The molecule has 2 saturated heterocycles. The molecule has 0 aromatic heterocycles. The standard InChI is InChI=1S/C53H54N4O13/c1-7-26-54-46(59)40-43-50(63)70-44(34-19-12-9-13-20-34)42(33-17-10-8-11-18-33)57(43)45(35-21-15-22-36(30-35)69-28-27-58)53(40)38-29-32(16-14-23-37(47(60)66-4)48(61)67-5)24-25-39(38)56(51(53)64)52(65)55-41(31(2)3)49(62)68-6/h7-13,15,17-22,24-25,29-31,37,40-45,58H,1,23,26-28H2,2-6H3,(H,54,59)(H,55,65)/t40-,41-,42-,43-,44+,45+,53-/m0/s1. The molecular formula is C53H54N4O13. The third kappa shape index (κ3) is 9.23. The van der Waals surface area contributed by atoms with E-state index in [2.05, 4.69) is 29.1 Å². The monoisotopic (exact) mass is 954 g/mol. The van der Waals surface area contributed by atoms with E-state index >= 15 is 14.4 Å². The number of methoxy groups -OCH3 is 3. The molecule has 0 unspecified atom stereocenters. The number of benzene rings is 4. The number of nitrogens with one attached hydrogen (secondary N) is 2. The topological polar surface area (TPSA) is 216 Å². The first-order chi connectivity index (χ1) is 33.8. The van der Waals surface area contributed by atoms with E-state index in [9.17, 15) is 24.3 Å². The fourth-order valence-corrected chi connectivity index (χ4v) is 9.83. The molecule has 2 fully saturated rings. The molecule has 1 spiro atoms. The van der Waals surface area contributed by atoms with Crippen LogP contribution in [-0.2, 0) is 53.1 Å². The largest absolute Gasteiger partial charge is 0.491 e. The van der Waals surface area contributed by atoms with Gasteiger partial charge in [-0.2, -0.15) is 0 Å². The van der Waals surface area contributed by atoms with E-state index in [1.165, 1.54) is 25.3 Å². The molecule has 0 saturated carbocycles. The molecule has 3 aliphatic rings. The number of hydrogen-bond donors (Lipinski definition) is 3. The summed E-state index contributed by atoms with van der Waals surface area (Å²) in [6, 6.07) is 23.6. The third-order valence-corrected chi connectivity index (χ3v) is 12.8. The molecule has 7 atom stereocenters. The molecule has 3 heterocycles. The van der Waals surface area contributed by atoms with Crippen molar-refractivity contribution in [1.29, 1.82) is 0 Å². The van der Waals surface area contributed by atoms with E-state index in [0.717, 1.165) is 19.1 Å². The van der Waals surface area contributed by atoms with Crippen molar-refractivity contribution in [3.8, 4) is 17.6 Å². The highest BCUT2D eigenvalue weighted by Gasteiger charge is 2.75. The Morgan fingerprint density at radius 2 is 1.47 bits per heavy atom. The Bertz CT molecular complexity index is 2700. The predicted octanol–water partition coefficient (Wildman–Crippen LogP) is 4.64. The normalized spacial score (nSPS) is 21.7. The molecule has 17 nitrogen and oxygen atoms in total. The molecule has 0 aliphatic carbocycles. The molecule has 3 N–H and O–H groups in total. The maximum Gasteiger partial charge on any atom is 0.329 e. The number of aliphatic hydroxyl groups is 1. The number of morpholine rings is 1. The SMILES string of the molecule is C=CCNC(=O)[C@@H]1[C@H]2C(=O)O[C@H](c3ccccc3)[C@H](c3ccccc3)N2[C@H](c2cccc(OCCO)c2)[C@@]12C(=O)N(C(=O)N[C@H](C(=O)OC)C(C)C)c1ccc(C#CCC(C(=O)OC)C(=O)OC)cc12. The Labute approximate surface area is 405 Å². The Hall–Kier alpha value is -7.81. The first kappa shape index (κ1) is 50.1. The van der Waals surface area contributed by atoms with Crippen LogP contribution < -0.4 is 20.3 Å². The fourth-order valence-electron chi connectivity index (χ4n) is 9.83. The summed E-state index contributed by atoms with van der Waals surface area (Å²) in [5, 5.41) is 15.3. The molecule has 70 heavy (non-hydrogen) atoms. The van der Waals surface area contributed by atoms with Crippen LogP contribution in [0.3, 0.4) is 0 Å². The van der Waals surface area contributed by atoms with Crippen molar-refractivity contribution in [3.05, 3.63) is 144 Å². The Morgan fingerprint density at radius 1 is 0.829 bits per heavy atom. The summed E-state index contributed by atoms with van der Waals surface area (Å²) in [5.74, 6) is -2.46. The number of fused-ring (bicyclic) bond motifs is 3. The van der Waals surface area contributed by atoms with Crippen LogP contribution in [0.25, 0.3) is 0 Å². The lowest BCUT2D eigenvalue weighted by Crippen LogP contribution is -2.57. The van der Waals surface area contributed by atoms with Gasteiger partial charge in [0.15, 0.2) is 5.92 Å². The van der Waals surface area contributed by atoms with Gasteiger partial charge in [0.05, 0.1) is 51.6 Å². The van der Waals surface area contributed by atoms with E-state index in [0.29, 0.717) is 16.7 Å². The Morgan fingerprint density at radius 3 is 2.09 bits per heavy atom. The summed E-state index contributed by atoms with van der Waals surface area (Å²) >= 11 is 0. The molecule has 0 radical (unpaired) electrons. The number of amides is 4. The average molecular weight is 955 g/mol. The van der Waals surface area contributed by atoms with Crippen LogP contribution >= 0.6 is 0 Å². The zero-order valence-corrected chi connectivity index (χ0v) is 39.3. The quantitative estimate of drug-likeness (QED) is 0.0487. The summed E-state index contributed by atoms with van der Waals surface area (Å²) < 4.78 is 27.1. The van der Waals surface area contributed by atoms with Gasteiger partial charge in [0.1, 0.15) is 36.0 Å². The van der Waals surface area contributed by atoms with E-state index in [4.69, 9.17) is 23.7 Å². The Balaban J connectivity index is 1.58. The van der Waals surface area contributed by atoms with Gasteiger partial charge in [-0.05, 0) is 58.5 Å². The summed E-state index contributed by atoms with van der Waals surface area (Å²) in [6.45, 7) is 6.68. The van der Waals surface area contributed by atoms with Gasteiger partial charge in [0.2, 0.25) is 11.8 Å². The number of nitrogens with zero attached hydrogens (tertiary/aromatic N) is 2. The number of carbonyl (C=O) groups is 7. The second-order valence-electron chi connectivity index (χ2n) is 17.1. The highest BCUT2D eigenvalue weighted by atomic mass is 16.6. The van der Waals surface area contributed by atoms with Crippen molar-refractivity contribution in [2.75, 3.05) is 46.0 Å². The third-order valence-electron chi connectivity index (χ3n) is 12.8. The highest BCUT2D eigenvalue weighted by Crippen LogP contribution is 2.66. The molecule has 4 aromatic rings. The number of esters is 4. The zero-order chi connectivity index (χ0) is 50.3. The lowest BCUT2D eigenvalue weighted by molar-refractivity contribution is -0.178. The number of anilines is 1. The molecule has 3 aliphatic heterocycles. The van der Waals surface area contributed by atoms with Crippen LogP contribution in [0.2, 0.25) is 0 Å². The van der Waals surface area contributed by atoms with Crippen molar-refractivity contribution in [2.45, 2.75) is 56.0 Å². The highest BCUT2D eigenvalue weighted by molar-refractivity contribution is 6.25. The first-order valence-corrected chi connectivity index (χ1v) is 22.6. The molecule has 4 aromatic carbocycles. The van der Waals surface area contributed by atoms with Crippen LogP contribution in [0.15, 0.2) is 116 Å². The number of urea groups is 1. The van der Waals surface area contributed by atoms with Crippen molar-refractivity contribution < 1.29 is 62.4 Å². The smallest absolute Gasteiger partial charge is 0.329 e. The minimum Gasteiger partial charge on any atom is -0.491 e. The number of carbonyl (C=O) groups excluding carboxylic acids is 7. The van der Waals surface area contributed by atoms with Gasteiger partial charge in [0.25, 0.3) is 0 Å². The van der Waals surface area contributed by atoms with Gasteiger partial charge >= 0.3 is 29.9 Å². The van der Waals surface area contributed by atoms with Crippen LogP contribution in [0.4, 0.5) is 10.5 Å². The number of cyclic esters (lactones) is 1. The van der Waals surface area contributed by atoms with E-state index in [-0.39, 0.29) is 48.7 Å². The van der Waals surface area contributed by atoms with Crippen LogP contribution in [-0.4, -0.2) is 105 Å². The molecule has 7 rings (SSSR count). The number of ether oxygens (including phenoxy) is 5. The van der Waals surface area contributed by atoms with Crippen LogP contribution in [0.5, 0.6) is 5.75 Å². The molecular weight excluding hydrogens is 901 g/mol. The van der Waals surface area contributed by atoms with E-state index in [1.54, 1.807) is 56.3 Å². The van der Waals surface area contributed by atoms with Crippen molar-refractivity contribution >= 4 is 47.4 Å². The van der Waals surface area contributed by atoms with E-state index < -0.39 is 95.2 Å². The molecule has 4 amide bonds. The van der Waals surface area contributed by atoms with Gasteiger partial charge in [-0.25, -0.2) is 14.5 Å². The fraction of sp³-hybridized carbons (Fsp3) is 0.340. The van der Waals surface area contributed by atoms with Gasteiger partial charge in [-0.15, -0.1) is 6.58 Å².